The summed E-state index contributed by atoms with van der Waals surface area (Å²) in [5.74, 6) is 2.00. The van der Waals surface area contributed by atoms with Gasteiger partial charge in [-0.15, -0.1) is 11.8 Å². The molecule has 0 heterocycles. The third-order valence-electron chi connectivity index (χ3n) is 3.80. The molecule has 3 N–H and O–H groups in total. The van der Waals surface area contributed by atoms with Gasteiger partial charge >= 0.3 is 0 Å². The van der Waals surface area contributed by atoms with Gasteiger partial charge in [0.2, 0.25) is 5.91 Å². The van der Waals surface area contributed by atoms with E-state index in [1.807, 2.05) is 48.5 Å². The number of carbonyl (C=O) groups excluding carboxylic acids is 1. The molecule has 0 aliphatic heterocycles. The topological polar surface area (TPSA) is 71.6 Å². The van der Waals surface area contributed by atoms with Crippen molar-refractivity contribution in [3.8, 4) is 11.5 Å². The predicted molar refractivity (Wildman–Crippen MR) is 117 cm³/mol. The first kappa shape index (κ1) is 21.8. The molecule has 150 valence electrons. The molecular formula is C20H25N3O3S2. The zero-order chi connectivity index (χ0) is 20.2. The predicted octanol–water partition coefficient (Wildman–Crippen LogP) is 2.92. The lowest BCUT2D eigenvalue weighted by Gasteiger charge is -2.12. The third-order valence-corrected chi connectivity index (χ3v) is 5.06. The molecule has 0 aliphatic carbocycles. The number of nitrogens with one attached hydrogen (secondary N) is 3. The summed E-state index contributed by atoms with van der Waals surface area (Å²) in [5.41, 5.74) is 6.43. The van der Waals surface area contributed by atoms with Crippen LogP contribution in [-0.4, -0.2) is 37.5 Å². The van der Waals surface area contributed by atoms with E-state index in [0.717, 1.165) is 16.9 Å². The van der Waals surface area contributed by atoms with E-state index in [9.17, 15) is 4.79 Å². The van der Waals surface area contributed by atoms with Gasteiger partial charge in [0.25, 0.3) is 0 Å². The van der Waals surface area contributed by atoms with E-state index in [2.05, 4.69) is 16.2 Å². The zero-order valence-corrected chi connectivity index (χ0v) is 17.6. The van der Waals surface area contributed by atoms with Crippen LogP contribution >= 0.6 is 24.0 Å². The van der Waals surface area contributed by atoms with Crippen LogP contribution in [0.5, 0.6) is 11.5 Å². The molecule has 0 fully saturated rings. The third kappa shape index (κ3) is 7.66. The maximum Gasteiger partial charge on any atom is 0.239 e. The maximum absolute atomic E-state index is 11.9. The summed E-state index contributed by atoms with van der Waals surface area (Å²) < 4.78 is 10.5. The minimum absolute atomic E-state index is 0.104. The monoisotopic (exact) mass is 419 g/mol. The molecule has 28 heavy (non-hydrogen) atoms. The van der Waals surface area contributed by atoms with Gasteiger partial charge in [0.15, 0.2) is 16.6 Å². The van der Waals surface area contributed by atoms with E-state index in [4.69, 9.17) is 21.7 Å². The van der Waals surface area contributed by atoms with Crippen molar-refractivity contribution in [2.24, 2.45) is 0 Å². The lowest BCUT2D eigenvalue weighted by Crippen LogP contribution is -2.47. The number of benzene rings is 2. The normalized spacial score (nSPS) is 10.1. The Bertz CT molecular complexity index is 773. The number of rotatable bonds is 9. The summed E-state index contributed by atoms with van der Waals surface area (Å²) in [7, 11) is 3.22. The molecule has 0 aromatic heterocycles. The fourth-order valence-corrected chi connectivity index (χ4v) is 3.39. The Morgan fingerprint density at radius 3 is 2.50 bits per heavy atom. The van der Waals surface area contributed by atoms with Crippen molar-refractivity contribution in [1.29, 1.82) is 0 Å². The average molecular weight is 420 g/mol. The second-order valence-corrected chi connectivity index (χ2v) is 7.36. The van der Waals surface area contributed by atoms with Crippen molar-refractivity contribution in [2.75, 3.05) is 26.5 Å². The summed E-state index contributed by atoms with van der Waals surface area (Å²) in [4.78, 5) is 13.0. The molecule has 2 rings (SSSR count). The smallest absolute Gasteiger partial charge is 0.239 e. The van der Waals surface area contributed by atoms with Gasteiger partial charge in [0.1, 0.15) is 0 Å². The van der Waals surface area contributed by atoms with Gasteiger partial charge in [-0.3, -0.25) is 15.6 Å². The second kappa shape index (κ2) is 12.1. The van der Waals surface area contributed by atoms with Crippen molar-refractivity contribution in [2.45, 2.75) is 17.7 Å². The molecule has 0 saturated carbocycles. The summed E-state index contributed by atoms with van der Waals surface area (Å²) in [5, 5.41) is 3.44. The zero-order valence-electron chi connectivity index (χ0n) is 16.0. The van der Waals surface area contributed by atoms with Gasteiger partial charge in [-0.05, 0) is 48.5 Å². The number of methoxy groups -OCH3 is 2. The largest absolute Gasteiger partial charge is 0.493 e. The molecule has 0 radical (unpaired) electrons. The van der Waals surface area contributed by atoms with Crippen molar-refractivity contribution in [3.63, 3.8) is 0 Å². The number of hydrogen-bond donors (Lipinski definition) is 3. The molecule has 6 nitrogen and oxygen atoms in total. The van der Waals surface area contributed by atoms with E-state index in [0.29, 0.717) is 35.3 Å². The molecule has 0 saturated heterocycles. The van der Waals surface area contributed by atoms with E-state index in [1.54, 1.807) is 26.0 Å². The van der Waals surface area contributed by atoms with Gasteiger partial charge < -0.3 is 14.8 Å². The number of amides is 1. The highest BCUT2D eigenvalue weighted by molar-refractivity contribution is 7.99. The minimum Gasteiger partial charge on any atom is -0.493 e. The molecule has 0 atom stereocenters. The Kier molecular flexibility index (Phi) is 9.44. The van der Waals surface area contributed by atoms with E-state index in [-0.39, 0.29) is 5.91 Å². The van der Waals surface area contributed by atoms with Gasteiger partial charge in [0.05, 0.1) is 14.2 Å². The number of ether oxygens (including phenoxy) is 2. The first-order valence-corrected chi connectivity index (χ1v) is 10.2. The van der Waals surface area contributed by atoms with Crippen molar-refractivity contribution < 1.29 is 14.3 Å². The molecule has 0 bridgehead atoms. The Labute approximate surface area is 175 Å². The molecule has 2 aromatic carbocycles. The second-order valence-electron chi connectivity index (χ2n) is 5.78. The lowest BCUT2D eigenvalue weighted by molar-refractivity contribution is -0.121. The molecule has 0 unspecified atom stereocenters. The van der Waals surface area contributed by atoms with E-state index >= 15 is 0 Å². The molecule has 0 aliphatic rings. The standard InChI is InChI=1S/C20H25N3O3S2/c1-25-17-9-8-15(14-18(17)26-2)10-12-21-20(27)23-22-19(24)11-13-28-16-6-4-3-5-7-16/h3-9,14H,10-13H2,1-2H3,(H,22,24)(H2,21,23,27). The summed E-state index contributed by atoms with van der Waals surface area (Å²) in [6.07, 6.45) is 1.16. The quantitative estimate of drug-likeness (QED) is 0.328. The van der Waals surface area contributed by atoms with Crippen molar-refractivity contribution >= 4 is 35.0 Å². The summed E-state index contributed by atoms with van der Waals surface area (Å²) >= 11 is 6.82. The SMILES string of the molecule is COc1ccc(CCNC(=S)NNC(=O)CCSc2ccccc2)cc1OC. The van der Waals surface area contributed by atoms with Crippen LogP contribution in [0.25, 0.3) is 0 Å². The minimum atomic E-state index is -0.104. The van der Waals surface area contributed by atoms with Crippen molar-refractivity contribution in [3.05, 3.63) is 54.1 Å². The number of hydrazine groups is 1. The number of thiocarbonyl (C=S) groups is 1. The highest BCUT2D eigenvalue weighted by atomic mass is 32.2. The van der Waals surface area contributed by atoms with Crippen LogP contribution < -0.4 is 25.6 Å². The van der Waals surface area contributed by atoms with Gasteiger partial charge in [-0.25, -0.2) is 0 Å². The molecule has 2 aromatic rings. The lowest BCUT2D eigenvalue weighted by atomic mass is 10.1. The molecular weight excluding hydrogens is 394 g/mol. The number of carbonyl (C=O) groups is 1. The molecule has 8 heteroatoms. The van der Waals surface area contributed by atoms with Gasteiger partial charge in [-0.2, -0.15) is 0 Å². The molecule has 1 amide bonds. The van der Waals surface area contributed by atoms with Crippen LogP contribution in [0.2, 0.25) is 0 Å². The Balaban J connectivity index is 1.61. The summed E-state index contributed by atoms with van der Waals surface area (Å²) in [6, 6.07) is 15.8. The summed E-state index contributed by atoms with van der Waals surface area (Å²) in [6.45, 7) is 0.626. The number of thioether (sulfide) groups is 1. The Morgan fingerprint density at radius 1 is 1.04 bits per heavy atom. The molecule has 0 spiro atoms. The highest BCUT2D eigenvalue weighted by Gasteiger charge is 2.05. The first-order chi connectivity index (χ1) is 13.6. The van der Waals surface area contributed by atoms with E-state index < -0.39 is 0 Å². The Morgan fingerprint density at radius 2 is 1.79 bits per heavy atom. The van der Waals surface area contributed by atoms with Crippen LogP contribution in [0.15, 0.2) is 53.4 Å². The highest BCUT2D eigenvalue weighted by Crippen LogP contribution is 2.27. The number of hydrogen-bond acceptors (Lipinski definition) is 5. The maximum atomic E-state index is 11.9. The van der Waals surface area contributed by atoms with Crippen LogP contribution in [0.3, 0.4) is 0 Å². The van der Waals surface area contributed by atoms with Gasteiger partial charge in [-0.1, -0.05) is 24.3 Å². The van der Waals surface area contributed by atoms with Crippen LogP contribution in [0.4, 0.5) is 0 Å². The van der Waals surface area contributed by atoms with Gasteiger partial charge in [0, 0.05) is 23.6 Å². The van der Waals surface area contributed by atoms with Crippen molar-refractivity contribution in [1.82, 2.24) is 16.2 Å². The van der Waals surface area contributed by atoms with Crippen LogP contribution in [0.1, 0.15) is 12.0 Å². The van der Waals surface area contributed by atoms with Crippen LogP contribution in [0, 0.1) is 0 Å². The Hall–Kier alpha value is -2.45. The van der Waals surface area contributed by atoms with E-state index in [1.165, 1.54) is 0 Å². The van der Waals surface area contributed by atoms with Crippen LogP contribution in [-0.2, 0) is 11.2 Å². The first-order valence-electron chi connectivity index (χ1n) is 8.84. The average Bonchev–Trinajstić information content (AvgIpc) is 2.73. The fourth-order valence-electron chi connectivity index (χ4n) is 2.37. The fraction of sp³-hybridized carbons (Fsp3) is 0.300.